The molecule has 1 aliphatic rings. The van der Waals surface area contributed by atoms with Crippen LogP contribution in [-0.2, 0) is 6.42 Å². The largest absolute Gasteiger partial charge is 0.497 e. The van der Waals surface area contributed by atoms with Crippen LogP contribution in [0.15, 0.2) is 82.5 Å². The quantitative estimate of drug-likeness (QED) is 0.434. The minimum absolute atomic E-state index is 0.718. The van der Waals surface area contributed by atoms with Crippen LogP contribution < -0.4 is 14.3 Å². The van der Waals surface area contributed by atoms with Gasteiger partial charge in [-0.3, -0.25) is 4.98 Å². The smallest absolute Gasteiger partial charge is 0.211 e. The van der Waals surface area contributed by atoms with Crippen molar-refractivity contribution in [3.05, 3.63) is 88.3 Å². The van der Waals surface area contributed by atoms with Crippen molar-refractivity contribution < 1.29 is 9.47 Å². The van der Waals surface area contributed by atoms with Crippen LogP contribution in [0.2, 0.25) is 0 Å². The molecule has 2 aromatic heterocycles. The summed E-state index contributed by atoms with van der Waals surface area (Å²) in [7, 11) is 3.31. The van der Waals surface area contributed by atoms with Crippen LogP contribution in [0.3, 0.4) is 0 Å². The Kier molecular flexibility index (Phi) is 5.56. The SMILES string of the molecule is COc1ccc(-c2csc(=Nc3cccnc3)n2N=C2CCc3ccccc32)c(OC)c1. The predicted molar refractivity (Wildman–Crippen MR) is 127 cm³/mol. The van der Waals surface area contributed by atoms with Crippen LogP contribution in [0.1, 0.15) is 17.5 Å². The second kappa shape index (κ2) is 8.80. The van der Waals surface area contributed by atoms with Gasteiger partial charge in [0.05, 0.1) is 37.5 Å². The number of ether oxygens (including phenoxy) is 2. The molecule has 0 fully saturated rings. The number of aryl methyl sites for hydroxylation is 1. The van der Waals surface area contributed by atoms with Crippen LogP contribution in [-0.4, -0.2) is 29.6 Å². The second-order valence-corrected chi connectivity index (χ2v) is 8.14. The average molecular weight is 443 g/mol. The fourth-order valence-electron chi connectivity index (χ4n) is 3.83. The Labute approximate surface area is 190 Å². The van der Waals surface area contributed by atoms with Crippen molar-refractivity contribution >= 4 is 22.7 Å². The summed E-state index contributed by atoms with van der Waals surface area (Å²) in [6, 6.07) is 18.1. The maximum absolute atomic E-state index is 5.67. The molecule has 6 nitrogen and oxygen atoms in total. The summed E-state index contributed by atoms with van der Waals surface area (Å²) in [5.41, 5.74) is 6.20. The first kappa shape index (κ1) is 20.2. The lowest BCUT2D eigenvalue weighted by Gasteiger charge is -2.11. The van der Waals surface area contributed by atoms with E-state index in [1.807, 2.05) is 35.0 Å². The zero-order valence-electron chi connectivity index (χ0n) is 17.9. The predicted octanol–water partition coefficient (Wildman–Crippen LogP) is 5.06. The number of hydrogen-bond donors (Lipinski definition) is 0. The Balaban J connectivity index is 1.72. The van der Waals surface area contributed by atoms with E-state index in [-0.39, 0.29) is 0 Å². The number of aromatic nitrogens is 2. The van der Waals surface area contributed by atoms with E-state index < -0.39 is 0 Å². The van der Waals surface area contributed by atoms with E-state index >= 15 is 0 Å². The summed E-state index contributed by atoms with van der Waals surface area (Å²) in [5.74, 6) is 1.46. The van der Waals surface area contributed by atoms with Gasteiger partial charge in [0.15, 0.2) is 0 Å². The van der Waals surface area contributed by atoms with Gasteiger partial charge in [-0.15, -0.1) is 11.3 Å². The highest BCUT2D eigenvalue weighted by atomic mass is 32.1. The molecular weight excluding hydrogens is 420 g/mol. The van der Waals surface area contributed by atoms with Crippen LogP contribution in [0, 0.1) is 0 Å². The molecule has 0 amide bonds. The van der Waals surface area contributed by atoms with Gasteiger partial charge in [-0.25, -0.2) is 9.67 Å². The highest BCUT2D eigenvalue weighted by molar-refractivity contribution is 7.07. The van der Waals surface area contributed by atoms with E-state index in [2.05, 4.69) is 34.6 Å². The fourth-order valence-corrected chi connectivity index (χ4v) is 4.67. The molecule has 0 saturated carbocycles. The van der Waals surface area contributed by atoms with Gasteiger partial charge in [-0.1, -0.05) is 24.3 Å². The first-order valence-electron chi connectivity index (χ1n) is 10.3. The molecule has 0 N–H and O–H groups in total. The lowest BCUT2D eigenvalue weighted by atomic mass is 10.1. The van der Waals surface area contributed by atoms with Gasteiger partial charge in [0.2, 0.25) is 4.80 Å². The Morgan fingerprint density at radius 3 is 2.69 bits per heavy atom. The van der Waals surface area contributed by atoms with E-state index in [1.165, 1.54) is 22.5 Å². The zero-order chi connectivity index (χ0) is 21.9. The van der Waals surface area contributed by atoms with Gasteiger partial charge in [0.25, 0.3) is 0 Å². The first-order chi connectivity index (χ1) is 15.8. The minimum atomic E-state index is 0.718. The average Bonchev–Trinajstić information content (AvgIpc) is 3.44. The molecule has 2 aromatic carbocycles. The van der Waals surface area contributed by atoms with Crippen LogP contribution in [0.25, 0.3) is 11.3 Å². The molecule has 0 unspecified atom stereocenters. The summed E-state index contributed by atoms with van der Waals surface area (Å²) < 4.78 is 13.0. The topological polar surface area (TPSA) is 61.0 Å². The Morgan fingerprint density at radius 1 is 0.969 bits per heavy atom. The summed E-state index contributed by atoms with van der Waals surface area (Å²) >= 11 is 1.53. The van der Waals surface area contributed by atoms with Crippen molar-refractivity contribution in [1.82, 2.24) is 9.66 Å². The van der Waals surface area contributed by atoms with E-state index in [0.717, 1.165) is 51.8 Å². The van der Waals surface area contributed by atoms with Crippen LogP contribution in [0.5, 0.6) is 11.5 Å². The lowest BCUT2D eigenvalue weighted by Crippen LogP contribution is -2.14. The molecular formula is C25H22N4O2S. The number of rotatable bonds is 5. The van der Waals surface area contributed by atoms with Crippen LogP contribution in [0.4, 0.5) is 5.69 Å². The van der Waals surface area contributed by atoms with Crippen molar-refractivity contribution in [3.8, 4) is 22.8 Å². The number of fused-ring (bicyclic) bond motifs is 1. The lowest BCUT2D eigenvalue weighted by molar-refractivity contribution is 0.395. The van der Waals surface area contributed by atoms with E-state index in [9.17, 15) is 0 Å². The third-order valence-electron chi connectivity index (χ3n) is 5.42. The molecule has 0 radical (unpaired) electrons. The summed E-state index contributed by atoms with van der Waals surface area (Å²) in [4.78, 5) is 9.77. The molecule has 0 aliphatic heterocycles. The molecule has 4 aromatic rings. The standard InChI is InChI=1S/C25H22N4O2S/c1-30-19-10-11-21(24(14-19)31-2)23-16-32-25(27-18-7-5-13-26-15-18)29(23)28-22-12-9-17-6-3-4-8-20(17)22/h3-8,10-11,13-16H,9,12H2,1-2H3. The molecule has 0 spiro atoms. The molecule has 32 heavy (non-hydrogen) atoms. The van der Waals surface area contributed by atoms with E-state index in [1.54, 1.807) is 26.6 Å². The first-order valence-corrected chi connectivity index (χ1v) is 11.2. The molecule has 2 heterocycles. The van der Waals surface area contributed by atoms with Crippen molar-refractivity contribution in [2.24, 2.45) is 10.1 Å². The fraction of sp³-hybridized carbons (Fsp3) is 0.160. The summed E-state index contributed by atoms with van der Waals surface area (Å²) in [6.07, 6.45) is 5.38. The third kappa shape index (κ3) is 3.83. The van der Waals surface area contributed by atoms with E-state index in [0.29, 0.717) is 0 Å². The monoisotopic (exact) mass is 442 g/mol. The normalized spacial score (nSPS) is 14.6. The number of pyridine rings is 1. The highest BCUT2D eigenvalue weighted by Gasteiger charge is 2.19. The van der Waals surface area contributed by atoms with Gasteiger partial charge >= 0.3 is 0 Å². The number of thiazole rings is 1. The Hall–Kier alpha value is -3.71. The second-order valence-electron chi connectivity index (χ2n) is 7.31. The van der Waals surface area contributed by atoms with Crippen LogP contribution >= 0.6 is 11.3 Å². The van der Waals surface area contributed by atoms with Crippen molar-refractivity contribution in [1.29, 1.82) is 0 Å². The van der Waals surface area contributed by atoms with Gasteiger partial charge in [0, 0.05) is 28.8 Å². The third-order valence-corrected chi connectivity index (χ3v) is 6.24. The summed E-state index contributed by atoms with van der Waals surface area (Å²) in [6.45, 7) is 0. The summed E-state index contributed by atoms with van der Waals surface area (Å²) in [5, 5.41) is 7.15. The number of hydrogen-bond acceptors (Lipinski definition) is 6. The number of nitrogens with zero attached hydrogens (tertiary/aromatic N) is 4. The van der Waals surface area contributed by atoms with Crippen molar-refractivity contribution in [2.45, 2.75) is 12.8 Å². The molecule has 0 bridgehead atoms. The Morgan fingerprint density at radius 2 is 1.88 bits per heavy atom. The van der Waals surface area contributed by atoms with Gasteiger partial charge in [-0.05, 0) is 42.7 Å². The van der Waals surface area contributed by atoms with Gasteiger partial charge < -0.3 is 9.47 Å². The molecule has 0 saturated heterocycles. The molecule has 1 aliphatic carbocycles. The molecule has 160 valence electrons. The highest BCUT2D eigenvalue weighted by Crippen LogP contribution is 2.34. The number of benzene rings is 2. The van der Waals surface area contributed by atoms with Crippen molar-refractivity contribution in [3.63, 3.8) is 0 Å². The van der Waals surface area contributed by atoms with Gasteiger partial charge in [0.1, 0.15) is 11.5 Å². The maximum Gasteiger partial charge on any atom is 0.211 e. The zero-order valence-corrected chi connectivity index (χ0v) is 18.7. The minimum Gasteiger partial charge on any atom is -0.497 e. The van der Waals surface area contributed by atoms with E-state index in [4.69, 9.17) is 19.6 Å². The molecule has 5 rings (SSSR count). The number of methoxy groups -OCH3 is 2. The maximum atomic E-state index is 5.67. The molecule has 7 heteroatoms. The Bertz CT molecular complexity index is 1360. The van der Waals surface area contributed by atoms with Gasteiger partial charge in [-0.2, -0.15) is 5.10 Å². The molecule has 0 atom stereocenters. The van der Waals surface area contributed by atoms with Crippen molar-refractivity contribution in [2.75, 3.05) is 14.2 Å².